The van der Waals surface area contributed by atoms with Crippen LogP contribution in [0.25, 0.3) is 11.0 Å². The predicted molar refractivity (Wildman–Crippen MR) is 152 cm³/mol. The van der Waals surface area contributed by atoms with Gasteiger partial charge >= 0.3 is 29.5 Å². The van der Waals surface area contributed by atoms with Gasteiger partial charge in [0, 0.05) is 33.1 Å². The molecule has 16 heteroatoms. The summed E-state index contributed by atoms with van der Waals surface area (Å²) in [6, 6.07) is 6.72. The van der Waals surface area contributed by atoms with E-state index in [0.717, 1.165) is 27.7 Å². The maximum Gasteiger partial charge on any atom is 0.345 e. The van der Waals surface area contributed by atoms with E-state index in [2.05, 4.69) is 15.8 Å². The van der Waals surface area contributed by atoms with E-state index >= 15 is 0 Å². The van der Waals surface area contributed by atoms with E-state index in [4.69, 9.17) is 45.1 Å². The molecule has 0 radical (unpaired) electrons. The lowest BCUT2D eigenvalue weighted by Gasteiger charge is -2.44. The van der Waals surface area contributed by atoms with Gasteiger partial charge in [0.05, 0.1) is 18.4 Å². The van der Waals surface area contributed by atoms with Crippen molar-refractivity contribution < 1.29 is 52.0 Å². The van der Waals surface area contributed by atoms with E-state index in [0.29, 0.717) is 11.1 Å². The molecule has 2 aromatic rings. The first-order valence-corrected chi connectivity index (χ1v) is 13.2. The molecule has 43 heavy (non-hydrogen) atoms. The Kier molecular flexibility index (Phi) is 11.1. The number of hydrogen-bond acceptors (Lipinski definition) is 14. The average molecular weight is 622 g/mol. The van der Waals surface area contributed by atoms with Crippen molar-refractivity contribution in [2.75, 3.05) is 13.7 Å². The van der Waals surface area contributed by atoms with Crippen LogP contribution in [-0.4, -0.2) is 79.1 Å². The molecule has 15 nitrogen and oxygen atoms in total. The number of carbonyl (C=O) groups excluding carboxylic acids is 4. The monoisotopic (exact) mass is 621 g/mol. The third kappa shape index (κ3) is 8.71. The van der Waals surface area contributed by atoms with Crippen LogP contribution in [0.4, 0.5) is 0 Å². The Hall–Kier alpha value is -4.57. The summed E-state index contributed by atoms with van der Waals surface area (Å²) in [4.78, 5) is 60.0. The first-order chi connectivity index (χ1) is 20.3. The second kappa shape index (κ2) is 14.6. The number of benzene rings is 1. The first kappa shape index (κ1) is 32.9. The zero-order valence-electron chi connectivity index (χ0n) is 24.2. The fraction of sp³-hybridized carbons (Fsp3) is 0.444. The third-order valence-electron chi connectivity index (χ3n) is 5.92. The summed E-state index contributed by atoms with van der Waals surface area (Å²) < 4.78 is 37.8. The van der Waals surface area contributed by atoms with E-state index in [1.165, 1.54) is 7.11 Å². The molecular formula is C27H31N3O12S. The molecule has 0 spiro atoms. The number of fused-ring (bicyclic) bond motifs is 1. The second-order valence-electron chi connectivity index (χ2n) is 9.23. The van der Waals surface area contributed by atoms with Gasteiger partial charge in [-0.1, -0.05) is 12.1 Å². The highest BCUT2D eigenvalue weighted by molar-refractivity contribution is 7.80. The van der Waals surface area contributed by atoms with E-state index < -0.39 is 66.8 Å². The Morgan fingerprint density at radius 3 is 2.16 bits per heavy atom. The molecule has 1 saturated heterocycles. The molecule has 1 aliphatic heterocycles. The maximum absolute atomic E-state index is 12.7. The quantitative estimate of drug-likeness (QED) is 0.101. The third-order valence-corrected chi connectivity index (χ3v) is 6.13. The van der Waals surface area contributed by atoms with Crippen LogP contribution in [0.2, 0.25) is 0 Å². The van der Waals surface area contributed by atoms with Crippen molar-refractivity contribution >= 4 is 57.9 Å². The van der Waals surface area contributed by atoms with E-state index in [1.807, 2.05) is 0 Å². The Labute approximate surface area is 250 Å². The van der Waals surface area contributed by atoms with Crippen molar-refractivity contribution in [1.82, 2.24) is 10.7 Å². The summed E-state index contributed by atoms with van der Waals surface area (Å²) in [6.45, 7) is 5.64. The molecule has 1 aliphatic rings. The molecule has 5 atom stereocenters. The number of para-hydroxylation sites is 1. The molecule has 1 fully saturated rings. The Bertz CT molecular complexity index is 1490. The summed E-state index contributed by atoms with van der Waals surface area (Å²) in [6.07, 6.45) is -6.57. The predicted octanol–water partition coefficient (Wildman–Crippen LogP) is 1.07. The fourth-order valence-corrected chi connectivity index (χ4v) is 4.39. The summed E-state index contributed by atoms with van der Waals surface area (Å²) in [5.41, 5.74) is 2.53. The van der Waals surface area contributed by atoms with Gasteiger partial charge in [-0.2, -0.15) is 5.10 Å². The number of nitrogens with zero attached hydrogens (tertiary/aromatic N) is 1. The summed E-state index contributed by atoms with van der Waals surface area (Å²) >= 11 is 5.34. The zero-order valence-corrected chi connectivity index (χ0v) is 25.0. The maximum atomic E-state index is 12.7. The minimum absolute atomic E-state index is 0.142. The second-order valence-corrected chi connectivity index (χ2v) is 9.64. The normalized spacial score (nSPS) is 21.7. The molecule has 2 N–H and O–H groups in total. The van der Waals surface area contributed by atoms with E-state index in [-0.39, 0.29) is 22.0 Å². The highest BCUT2D eigenvalue weighted by Crippen LogP contribution is 2.28. The number of thiocarbonyl (C=S) groups is 1. The lowest BCUT2D eigenvalue weighted by molar-refractivity contribution is -0.254. The van der Waals surface area contributed by atoms with Gasteiger partial charge in [0.15, 0.2) is 41.0 Å². The molecule has 0 saturated carbocycles. The molecule has 232 valence electrons. The van der Waals surface area contributed by atoms with Crippen LogP contribution in [-0.2, 0) is 42.9 Å². The first-order valence-electron chi connectivity index (χ1n) is 12.8. The topological polar surface area (TPSA) is 190 Å². The standard InChI is InChI=1S/C27H31N3O12S/c1-12(18-10-17-8-7-9-19(36-6)21(17)42-26(18)35)29-30-27(43)28-25-24(40-16(5)34)23(39-15(4)33)22(38-14(3)32)20(41-25)11-37-13(2)31/h7-10,20,22-25H,11H2,1-6H3,(H2,28,30,43)/b29-12+/t20-,22+,23+,24-,25-/m1/s1. The van der Waals surface area contributed by atoms with Crippen LogP contribution >= 0.6 is 12.2 Å². The summed E-state index contributed by atoms with van der Waals surface area (Å²) in [5, 5.41) is 7.34. The van der Waals surface area contributed by atoms with Crippen molar-refractivity contribution in [3.05, 3.63) is 40.2 Å². The number of nitrogens with one attached hydrogen (secondary N) is 2. The smallest absolute Gasteiger partial charge is 0.345 e. The van der Waals surface area contributed by atoms with Crippen LogP contribution in [0.15, 0.2) is 38.6 Å². The molecule has 1 aromatic heterocycles. The number of rotatable bonds is 9. The number of carbonyl (C=O) groups is 4. The van der Waals surface area contributed by atoms with Crippen molar-refractivity contribution in [3.8, 4) is 5.75 Å². The van der Waals surface area contributed by atoms with Crippen LogP contribution in [0, 0.1) is 0 Å². The molecule has 0 unspecified atom stereocenters. The molecule has 0 amide bonds. The van der Waals surface area contributed by atoms with Crippen LogP contribution < -0.4 is 21.1 Å². The van der Waals surface area contributed by atoms with Crippen LogP contribution in [0.1, 0.15) is 40.2 Å². The lowest BCUT2D eigenvalue weighted by atomic mass is 9.97. The number of hydrazone groups is 1. The Balaban J connectivity index is 1.88. The zero-order chi connectivity index (χ0) is 31.8. The van der Waals surface area contributed by atoms with Gasteiger partial charge in [-0.25, -0.2) is 4.79 Å². The fourth-order valence-electron chi connectivity index (χ4n) is 4.23. The Morgan fingerprint density at radius 1 is 0.930 bits per heavy atom. The SMILES string of the molecule is COc1cccc2cc(/C(C)=N/NC(=S)N[C@@H]3O[C@H](COC(C)=O)[C@H](OC(C)=O)[C@H](OC(C)=O)[C@H]3OC(C)=O)c(=O)oc12. The number of ether oxygens (including phenoxy) is 6. The minimum Gasteiger partial charge on any atom is -0.493 e. The van der Waals surface area contributed by atoms with Crippen molar-refractivity contribution in [2.45, 2.75) is 65.3 Å². The molecule has 1 aromatic carbocycles. The highest BCUT2D eigenvalue weighted by atomic mass is 32.1. The van der Waals surface area contributed by atoms with Gasteiger partial charge in [0.2, 0.25) is 0 Å². The molecule has 0 bridgehead atoms. The van der Waals surface area contributed by atoms with Gasteiger partial charge in [0.1, 0.15) is 12.7 Å². The number of methoxy groups -OCH3 is 1. The molecule has 0 aliphatic carbocycles. The molecular weight excluding hydrogens is 590 g/mol. The highest BCUT2D eigenvalue weighted by Gasteiger charge is 2.52. The average Bonchev–Trinajstić information content (AvgIpc) is 2.92. The summed E-state index contributed by atoms with van der Waals surface area (Å²) in [7, 11) is 1.46. The van der Waals surface area contributed by atoms with Gasteiger partial charge in [-0.15, -0.1) is 0 Å². The summed E-state index contributed by atoms with van der Waals surface area (Å²) in [5.74, 6) is -2.57. The Morgan fingerprint density at radius 2 is 1.56 bits per heavy atom. The van der Waals surface area contributed by atoms with Crippen LogP contribution in [0.5, 0.6) is 5.75 Å². The van der Waals surface area contributed by atoms with Gasteiger partial charge in [-0.05, 0) is 31.3 Å². The van der Waals surface area contributed by atoms with Crippen molar-refractivity contribution in [3.63, 3.8) is 0 Å². The van der Waals surface area contributed by atoms with Crippen molar-refractivity contribution in [1.29, 1.82) is 0 Å². The van der Waals surface area contributed by atoms with Gasteiger partial charge < -0.3 is 38.2 Å². The molecule has 3 rings (SSSR count). The lowest BCUT2D eigenvalue weighted by Crippen LogP contribution is -2.66. The van der Waals surface area contributed by atoms with Crippen LogP contribution in [0.3, 0.4) is 0 Å². The number of hydrogen-bond donors (Lipinski definition) is 2. The minimum atomic E-state index is -1.38. The van der Waals surface area contributed by atoms with Gasteiger partial charge in [0.25, 0.3) is 0 Å². The molecule has 2 heterocycles. The van der Waals surface area contributed by atoms with Crippen molar-refractivity contribution in [2.24, 2.45) is 5.10 Å². The largest absolute Gasteiger partial charge is 0.493 e. The number of esters is 4. The van der Waals surface area contributed by atoms with E-state index in [1.54, 1.807) is 31.2 Å². The van der Waals surface area contributed by atoms with Gasteiger partial charge in [-0.3, -0.25) is 24.6 Å². The van der Waals surface area contributed by atoms with E-state index in [9.17, 15) is 24.0 Å².